The van der Waals surface area contributed by atoms with Gasteiger partial charge >= 0.3 is 18.0 Å². The van der Waals surface area contributed by atoms with Crippen LogP contribution in [-0.2, 0) is 38.1 Å². The van der Waals surface area contributed by atoms with E-state index >= 15 is 0 Å². The van der Waals surface area contributed by atoms with Crippen LogP contribution >= 0.6 is 0 Å². The molecule has 5 unspecified atom stereocenters. The lowest BCUT2D eigenvalue weighted by Crippen LogP contribution is -2.40. The Balaban J connectivity index is 1.32. The van der Waals surface area contributed by atoms with Crippen LogP contribution in [0.3, 0.4) is 0 Å². The Morgan fingerprint density at radius 3 is 2.59 bits per heavy atom. The first-order chi connectivity index (χ1) is 13.5. The van der Waals surface area contributed by atoms with Gasteiger partial charge in [-0.2, -0.15) is 8.42 Å². The van der Waals surface area contributed by atoms with Gasteiger partial charge in [0, 0.05) is 11.8 Å². The van der Waals surface area contributed by atoms with Crippen molar-refractivity contribution in [1.82, 2.24) is 5.32 Å². The number of esters is 2. The van der Waals surface area contributed by atoms with E-state index in [2.05, 4.69) is 5.32 Å². The number of carbonyl (C=O) groups is 3. The third-order valence-corrected chi connectivity index (χ3v) is 7.82. The quantitative estimate of drug-likeness (QED) is 0.254. The Kier molecular flexibility index (Phi) is 6.09. The third kappa shape index (κ3) is 4.50. The molecule has 11 heteroatoms. The molecule has 5 atom stereocenters. The molecule has 3 rings (SSSR count). The van der Waals surface area contributed by atoms with Gasteiger partial charge in [-0.25, -0.2) is 9.59 Å². The SMILES string of the molecule is CCC(C)(C)C(=O)OCC(=O)OCCNC(=O)OC1C2CC3C1OS(=O)(=O)C3C2. The maximum atomic E-state index is 12.0. The molecule has 0 radical (unpaired) electrons. The van der Waals surface area contributed by atoms with Crippen molar-refractivity contribution < 1.29 is 41.2 Å². The summed E-state index contributed by atoms with van der Waals surface area (Å²) < 4.78 is 44.1. The van der Waals surface area contributed by atoms with Gasteiger partial charge in [0.15, 0.2) is 6.61 Å². The Morgan fingerprint density at radius 1 is 1.17 bits per heavy atom. The van der Waals surface area contributed by atoms with Crippen molar-refractivity contribution in [2.75, 3.05) is 19.8 Å². The van der Waals surface area contributed by atoms with Crippen molar-refractivity contribution in [2.24, 2.45) is 17.3 Å². The summed E-state index contributed by atoms with van der Waals surface area (Å²) >= 11 is 0. The molecule has 2 aliphatic carbocycles. The van der Waals surface area contributed by atoms with E-state index in [0.717, 1.165) is 0 Å². The summed E-state index contributed by atoms with van der Waals surface area (Å²) in [6.45, 7) is 4.68. The average molecular weight is 433 g/mol. The molecule has 1 N–H and O–H groups in total. The largest absolute Gasteiger partial charge is 0.461 e. The lowest BCUT2D eigenvalue weighted by molar-refractivity contribution is -0.164. The van der Waals surface area contributed by atoms with Crippen LogP contribution in [0.15, 0.2) is 0 Å². The number of alkyl carbamates (subject to hydrolysis) is 1. The van der Waals surface area contributed by atoms with Gasteiger partial charge in [0.1, 0.15) is 18.8 Å². The maximum Gasteiger partial charge on any atom is 0.407 e. The van der Waals surface area contributed by atoms with Crippen LogP contribution in [-0.4, -0.2) is 63.7 Å². The maximum absolute atomic E-state index is 12.0. The molecule has 1 aliphatic heterocycles. The molecule has 0 spiro atoms. The summed E-state index contributed by atoms with van der Waals surface area (Å²) in [5.74, 6) is -1.32. The van der Waals surface area contributed by atoms with Crippen molar-refractivity contribution >= 4 is 28.1 Å². The fourth-order valence-corrected chi connectivity index (χ4v) is 5.91. The second-order valence-corrected chi connectivity index (χ2v) is 10.1. The molecule has 2 bridgehead atoms. The summed E-state index contributed by atoms with van der Waals surface area (Å²) in [6.07, 6.45) is -0.205. The lowest BCUT2D eigenvalue weighted by Gasteiger charge is -2.24. The molecule has 2 saturated carbocycles. The number of fused-ring (bicyclic) bond motifs is 1. The summed E-state index contributed by atoms with van der Waals surface area (Å²) in [6, 6.07) is 0. The van der Waals surface area contributed by atoms with E-state index in [1.165, 1.54) is 0 Å². The molecule has 0 aromatic heterocycles. The fourth-order valence-electron chi connectivity index (χ4n) is 4.03. The van der Waals surface area contributed by atoms with E-state index < -0.39 is 57.6 Å². The van der Waals surface area contributed by atoms with E-state index in [9.17, 15) is 22.8 Å². The van der Waals surface area contributed by atoms with Gasteiger partial charge in [0.05, 0.1) is 17.2 Å². The zero-order chi connectivity index (χ0) is 21.4. The minimum absolute atomic E-state index is 0.00619. The molecule has 3 aliphatic rings. The Hall–Kier alpha value is -1.88. The van der Waals surface area contributed by atoms with Crippen molar-refractivity contribution in [1.29, 1.82) is 0 Å². The standard InChI is InChI=1S/C18H27NO9S/c1-4-18(2,3)16(21)26-9-13(20)25-6-5-19-17(22)27-14-10-7-11-12(8-10)29(23,24)28-15(11)14/h10-12,14-15H,4-9H2,1-3H3,(H,19,22). The lowest BCUT2D eigenvalue weighted by atomic mass is 9.91. The van der Waals surface area contributed by atoms with Crippen LogP contribution < -0.4 is 5.32 Å². The van der Waals surface area contributed by atoms with Crippen LogP contribution in [0.25, 0.3) is 0 Å². The highest BCUT2D eigenvalue weighted by Gasteiger charge is 2.65. The predicted octanol–water partition coefficient (Wildman–Crippen LogP) is 0.741. The van der Waals surface area contributed by atoms with Crippen molar-refractivity contribution in [2.45, 2.75) is 57.5 Å². The highest BCUT2D eigenvalue weighted by Crippen LogP contribution is 2.55. The zero-order valence-electron chi connectivity index (χ0n) is 16.7. The minimum Gasteiger partial charge on any atom is -0.461 e. The minimum atomic E-state index is -3.56. The molecule has 164 valence electrons. The topological polar surface area (TPSA) is 134 Å². The Bertz CT molecular complexity index is 778. The monoisotopic (exact) mass is 433 g/mol. The summed E-state index contributed by atoms with van der Waals surface area (Å²) in [5.41, 5.74) is -0.673. The third-order valence-electron chi connectivity index (χ3n) is 6.05. The highest BCUT2D eigenvalue weighted by atomic mass is 32.2. The van der Waals surface area contributed by atoms with E-state index in [1.807, 2.05) is 6.92 Å². The first-order valence-corrected chi connectivity index (χ1v) is 11.2. The average Bonchev–Trinajstić information content (AvgIpc) is 3.27. The molecule has 10 nitrogen and oxygen atoms in total. The summed E-state index contributed by atoms with van der Waals surface area (Å²) in [7, 11) is -3.56. The highest BCUT2D eigenvalue weighted by molar-refractivity contribution is 7.87. The van der Waals surface area contributed by atoms with Crippen LogP contribution in [0.4, 0.5) is 4.79 Å². The summed E-state index contributed by atoms with van der Waals surface area (Å²) in [5, 5.41) is 1.98. The number of hydrogen-bond acceptors (Lipinski definition) is 9. The summed E-state index contributed by atoms with van der Waals surface area (Å²) in [4.78, 5) is 35.4. The van der Waals surface area contributed by atoms with Gasteiger partial charge in [0.2, 0.25) is 0 Å². The van der Waals surface area contributed by atoms with Gasteiger partial charge in [-0.05, 0) is 33.1 Å². The molecule has 1 amide bonds. The molecule has 0 aromatic rings. The van der Waals surface area contributed by atoms with Gasteiger partial charge in [0.25, 0.3) is 10.1 Å². The van der Waals surface area contributed by atoms with Crippen molar-refractivity contribution in [3.8, 4) is 0 Å². The second-order valence-electron chi connectivity index (χ2n) is 8.32. The Labute approximate surface area is 169 Å². The number of ether oxygens (including phenoxy) is 3. The van der Waals surface area contributed by atoms with Gasteiger partial charge < -0.3 is 19.5 Å². The molecule has 3 fully saturated rings. The van der Waals surface area contributed by atoms with Gasteiger partial charge in [-0.1, -0.05) is 6.92 Å². The van der Waals surface area contributed by atoms with E-state index in [0.29, 0.717) is 19.3 Å². The predicted molar refractivity (Wildman–Crippen MR) is 98.1 cm³/mol. The van der Waals surface area contributed by atoms with E-state index in [-0.39, 0.29) is 25.0 Å². The number of hydrogen-bond donors (Lipinski definition) is 1. The van der Waals surface area contributed by atoms with E-state index in [4.69, 9.17) is 18.4 Å². The Morgan fingerprint density at radius 2 is 1.90 bits per heavy atom. The van der Waals surface area contributed by atoms with Crippen LogP contribution in [0, 0.1) is 17.3 Å². The molecule has 1 saturated heterocycles. The fraction of sp³-hybridized carbons (Fsp3) is 0.833. The molecular formula is C18H27NO9S. The van der Waals surface area contributed by atoms with E-state index in [1.54, 1.807) is 13.8 Å². The number of carbonyl (C=O) groups excluding carboxylic acids is 3. The van der Waals surface area contributed by atoms with Crippen LogP contribution in [0.2, 0.25) is 0 Å². The molecule has 0 aromatic carbocycles. The van der Waals surface area contributed by atoms with Crippen molar-refractivity contribution in [3.05, 3.63) is 0 Å². The normalized spacial score (nSPS) is 31.3. The number of rotatable bonds is 8. The molecule has 1 heterocycles. The first kappa shape index (κ1) is 21.8. The zero-order valence-corrected chi connectivity index (χ0v) is 17.5. The van der Waals surface area contributed by atoms with Crippen LogP contribution in [0.1, 0.15) is 40.0 Å². The molecular weight excluding hydrogens is 406 g/mol. The second kappa shape index (κ2) is 8.10. The van der Waals surface area contributed by atoms with Crippen LogP contribution in [0.5, 0.6) is 0 Å². The van der Waals surface area contributed by atoms with Gasteiger partial charge in [-0.15, -0.1) is 0 Å². The van der Waals surface area contributed by atoms with Crippen molar-refractivity contribution in [3.63, 3.8) is 0 Å². The van der Waals surface area contributed by atoms with Gasteiger partial charge in [-0.3, -0.25) is 8.98 Å². The molecule has 29 heavy (non-hydrogen) atoms. The first-order valence-electron chi connectivity index (χ1n) is 9.74. The smallest absolute Gasteiger partial charge is 0.407 e. The number of nitrogens with one attached hydrogen (secondary N) is 1. The number of amides is 1.